The van der Waals surface area contributed by atoms with Gasteiger partial charge in [0.2, 0.25) is 0 Å². The van der Waals surface area contributed by atoms with E-state index in [1.165, 1.54) is 9.13 Å². The molecule has 4 heteroatoms. The van der Waals surface area contributed by atoms with E-state index in [9.17, 15) is 4.79 Å². The number of alkyl halides is 1. The Balaban J connectivity index is 2.23. The quantitative estimate of drug-likeness (QED) is 0.669. The molecule has 0 atom stereocenters. The molecule has 0 aliphatic carbocycles. The number of carboxylic acid groups (broad SMARTS) is 1. The van der Waals surface area contributed by atoms with Gasteiger partial charge in [-0.3, -0.25) is 0 Å². The molecular formula is C9H9IO3. The van der Waals surface area contributed by atoms with Crippen LogP contribution in [-0.2, 0) is 14.5 Å². The van der Waals surface area contributed by atoms with E-state index in [1.54, 1.807) is 0 Å². The molecule has 0 amide bonds. The van der Waals surface area contributed by atoms with Gasteiger partial charge in [0, 0.05) is 0 Å². The fraction of sp³-hybridized carbons (Fsp3) is 0.222. The summed E-state index contributed by atoms with van der Waals surface area (Å²) in [6, 6.07) is 7.91. The summed E-state index contributed by atoms with van der Waals surface area (Å²) < 4.78 is 6.89. The molecule has 0 aromatic heterocycles. The molecule has 1 aliphatic heterocycles. The minimum absolute atomic E-state index is 0.209. The van der Waals surface area contributed by atoms with Gasteiger partial charge >= 0.3 is 83.6 Å². The van der Waals surface area contributed by atoms with Crippen LogP contribution in [0.5, 0.6) is 0 Å². The normalized spacial score (nSPS) is 17.1. The zero-order valence-corrected chi connectivity index (χ0v) is 9.02. The van der Waals surface area contributed by atoms with Crippen LogP contribution in [0.3, 0.4) is 0 Å². The zero-order valence-electron chi connectivity index (χ0n) is 6.87. The van der Waals surface area contributed by atoms with Crippen molar-refractivity contribution in [3.63, 3.8) is 0 Å². The fourth-order valence-electron chi connectivity index (χ4n) is 1.22. The second kappa shape index (κ2) is 3.63. The number of halogens is 1. The number of carboxylic acids is 1. The molecule has 0 fully saturated rings. The monoisotopic (exact) mass is 292 g/mol. The number of carbonyl (C=O) groups is 1. The SMILES string of the molecule is O=C(O)CI1OCc2ccccc21. The number of hydrogen-bond acceptors (Lipinski definition) is 2. The standard InChI is InChI=1S/C9H9IO3/c11-9(12)5-10-8-4-2-1-3-7(8)6-13-10/h1-4H,5-6H2,(H,11,12). The molecule has 1 aliphatic rings. The molecule has 3 nitrogen and oxygen atoms in total. The summed E-state index contributed by atoms with van der Waals surface area (Å²) in [6.45, 7) is 0.605. The second-order valence-corrected chi connectivity index (χ2v) is 7.07. The van der Waals surface area contributed by atoms with Crippen molar-refractivity contribution in [2.75, 3.05) is 4.43 Å². The van der Waals surface area contributed by atoms with Gasteiger partial charge in [0.15, 0.2) is 0 Å². The first kappa shape index (κ1) is 8.96. The van der Waals surface area contributed by atoms with Crippen LogP contribution in [0.2, 0.25) is 0 Å². The van der Waals surface area contributed by atoms with E-state index >= 15 is 0 Å². The summed E-state index contributed by atoms with van der Waals surface area (Å²) in [6.07, 6.45) is 0. The van der Waals surface area contributed by atoms with Crippen LogP contribution < -0.4 is 0 Å². The second-order valence-electron chi connectivity index (χ2n) is 2.69. The first-order chi connectivity index (χ1) is 6.27. The van der Waals surface area contributed by atoms with E-state index in [0.29, 0.717) is 6.61 Å². The number of benzene rings is 1. The van der Waals surface area contributed by atoms with E-state index in [2.05, 4.69) is 0 Å². The third-order valence-corrected chi connectivity index (χ3v) is 6.52. The van der Waals surface area contributed by atoms with E-state index in [1.807, 2.05) is 24.3 Å². The van der Waals surface area contributed by atoms with Crippen LogP contribution in [0.1, 0.15) is 5.56 Å². The molecule has 1 aromatic rings. The molecule has 70 valence electrons. The van der Waals surface area contributed by atoms with Crippen LogP contribution in [-0.4, -0.2) is 15.5 Å². The summed E-state index contributed by atoms with van der Waals surface area (Å²) in [7, 11) is 0. The Bertz CT molecular complexity index is 337. The summed E-state index contributed by atoms with van der Waals surface area (Å²) in [5.74, 6) is -0.748. The summed E-state index contributed by atoms with van der Waals surface area (Å²) in [5.41, 5.74) is 1.17. The summed E-state index contributed by atoms with van der Waals surface area (Å²) >= 11 is -1.81. The number of hydrogen-bond donors (Lipinski definition) is 1. The maximum absolute atomic E-state index is 10.5. The van der Waals surface area contributed by atoms with E-state index in [0.717, 1.165) is 0 Å². The van der Waals surface area contributed by atoms with Gasteiger partial charge in [-0.2, -0.15) is 0 Å². The predicted octanol–water partition coefficient (Wildman–Crippen LogP) is 1.89. The molecule has 0 unspecified atom stereocenters. The minimum atomic E-state index is -1.81. The van der Waals surface area contributed by atoms with Crippen molar-refractivity contribution >= 4 is 26.2 Å². The van der Waals surface area contributed by atoms with E-state index in [4.69, 9.17) is 8.17 Å². The predicted molar refractivity (Wildman–Crippen MR) is 56.5 cm³/mol. The topological polar surface area (TPSA) is 46.5 Å². The van der Waals surface area contributed by atoms with Gasteiger partial charge < -0.3 is 0 Å². The van der Waals surface area contributed by atoms with Gasteiger partial charge in [-0.25, -0.2) is 0 Å². The van der Waals surface area contributed by atoms with Crippen molar-refractivity contribution < 1.29 is 13.0 Å². The summed E-state index contributed by atoms with van der Waals surface area (Å²) in [4.78, 5) is 10.5. The third kappa shape index (κ3) is 1.83. The van der Waals surface area contributed by atoms with Gasteiger partial charge in [0.1, 0.15) is 0 Å². The van der Waals surface area contributed by atoms with Gasteiger partial charge in [0.25, 0.3) is 0 Å². The number of aliphatic carboxylic acids is 1. The zero-order chi connectivity index (χ0) is 9.26. The molecule has 13 heavy (non-hydrogen) atoms. The molecule has 0 bridgehead atoms. The molecule has 0 saturated heterocycles. The Labute approximate surface area is 83.7 Å². The number of rotatable bonds is 2. The van der Waals surface area contributed by atoms with Gasteiger partial charge in [-0.05, 0) is 0 Å². The Morgan fingerprint density at radius 2 is 2.31 bits per heavy atom. The average Bonchev–Trinajstić information content (AvgIpc) is 2.48. The molecule has 0 saturated carbocycles. The maximum atomic E-state index is 10.5. The first-order valence-electron chi connectivity index (χ1n) is 3.86. The van der Waals surface area contributed by atoms with Crippen LogP contribution in [0.4, 0.5) is 0 Å². The molecular weight excluding hydrogens is 283 g/mol. The van der Waals surface area contributed by atoms with Crippen molar-refractivity contribution in [3.05, 3.63) is 33.4 Å². The van der Waals surface area contributed by atoms with E-state index < -0.39 is 26.2 Å². The van der Waals surface area contributed by atoms with Crippen molar-refractivity contribution in [1.82, 2.24) is 0 Å². The fourth-order valence-corrected chi connectivity index (χ4v) is 5.21. The Morgan fingerprint density at radius 1 is 1.54 bits per heavy atom. The van der Waals surface area contributed by atoms with Crippen molar-refractivity contribution in [3.8, 4) is 0 Å². The average molecular weight is 292 g/mol. The van der Waals surface area contributed by atoms with Crippen LogP contribution >= 0.6 is 20.2 Å². The van der Waals surface area contributed by atoms with Gasteiger partial charge in [-0.15, -0.1) is 0 Å². The molecule has 1 N–H and O–H groups in total. The molecule has 1 heterocycles. The Kier molecular flexibility index (Phi) is 2.50. The first-order valence-corrected chi connectivity index (χ1v) is 7.35. The van der Waals surface area contributed by atoms with Crippen LogP contribution in [0.15, 0.2) is 24.3 Å². The summed E-state index contributed by atoms with van der Waals surface area (Å²) in [5, 5.41) is 8.66. The molecule has 2 rings (SSSR count). The Morgan fingerprint density at radius 3 is 3.08 bits per heavy atom. The van der Waals surface area contributed by atoms with Crippen molar-refractivity contribution in [2.24, 2.45) is 0 Å². The van der Waals surface area contributed by atoms with Gasteiger partial charge in [0.05, 0.1) is 0 Å². The molecule has 0 spiro atoms. The molecule has 0 radical (unpaired) electrons. The molecule has 1 aromatic carbocycles. The van der Waals surface area contributed by atoms with Gasteiger partial charge in [-0.1, -0.05) is 0 Å². The van der Waals surface area contributed by atoms with E-state index in [-0.39, 0.29) is 4.43 Å². The Hall–Kier alpha value is -0.620. The van der Waals surface area contributed by atoms with Crippen LogP contribution in [0, 0.1) is 3.57 Å². The van der Waals surface area contributed by atoms with Crippen LogP contribution in [0.25, 0.3) is 0 Å². The van der Waals surface area contributed by atoms with Crippen molar-refractivity contribution in [2.45, 2.75) is 6.61 Å². The third-order valence-electron chi connectivity index (χ3n) is 1.76. The van der Waals surface area contributed by atoms with Crippen molar-refractivity contribution in [1.29, 1.82) is 0 Å². The number of fused-ring (bicyclic) bond motifs is 1.